The van der Waals surface area contributed by atoms with Crippen molar-refractivity contribution in [2.45, 2.75) is 77.0 Å². The molecule has 0 saturated carbocycles. The Hall–Kier alpha value is -2.34. The van der Waals surface area contributed by atoms with Crippen molar-refractivity contribution in [3.63, 3.8) is 0 Å². The van der Waals surface area contributed by atoms with Gasteiger partial charge in [0.1, 0.15) is 0 Å². The van der Waals surface area contributed by atoms with Gasteiger partial charge in [-0.05, 0) is 25.7 Å². The molecule has 0 heteroatoms. The quantitative estimate of drug-likeness (QED) is 0.378. The van der Waals surface area contributed by atoms with Crippen molar-refractivity contribution in [1.82, 2.24) is 0 Å². The predicted molar refractivity (Wildman–Crippen MR) is 138 cm³/mol. The van der Waals surface area contributed by atoms with Crippen LogP contribution in [0.1, 0.15) is 77.0 Å². The fourth-order valence-corrected chi connectivity index (χ4v) is 3.19. The van der Waals surface area contributed by atoms with E-state index in [1.54, 1.807) is 0 Å². The number of hydrogen-bond acceptors (Lipinski definition) is 0. The lowest BCUT2D eigenvalue weighted by Gasteiger charge is -2.01. The molecule has 0 aromatic carbocycles. The molecule has 0 nitrogen and oxygen atoms in total. The fraction of sp³-hybridized carbons (Fsp3) is 0.400. The minimum atomic E-state index is 1.20. The molecule has 0 aliphatic heterocycles. The highest BCUT2D eigenvalue weighted by Crippen LogP contribution is 2.12. The van der Waals surface area contributed by atoms with Gasteiger partial charge in [0, 0.05) is 0 Å². The Morgan fingerprint density at radius 3 is 0.667 bits per heavy atom. The van der Waals surface area contributed by atoms with E-state index < -0.39 is 0 Å². The molecule has 0 aromatic heterocycles. The summed E-state index contributed by atoms with van der Waals surface area (Å²) in [5.74, 6) is 0. The van der Waals surface area contributed by atoms with Crippen LogP contribution in [0.5, 0.6) is 0 Å². The Morgan fingerprint density at radius 1 is 0.200 bits per heavy atom. The van der Waals surface area contributed by atoms with E-state index >= 15 is 0 Å². The minimum absolute atomic E-state index is 1.20. The Balaban J connectivity index is 2.38. The molecule has 1 aliphatic rings. The van der Waals surface area contributed by atoms with Gasteiger partial charge in [-0.15, -0.1) is 0 Å². The summed E-state index contributed by atoms with van der Waals surface area (Å²) in [6.07, 6.45) is 54.0. The SMILES string of the molecule is C1=CCCCCCCCCCCCC/C=C/C=C\C=C\C=C\C=C\C=C\C=C/C=C/1. The van der Waals surface area contributed by atoms with Crippen LogP contribution in [-0.4, -0.2) is 0 Å². The summed E-state index contributed by atoms with van der Waals surface area (Å²) in [7, 11) is 0. The smallest absolute Gasteiger partial charge is 0.0348 e. The standard InChI is InChI=1S/C30H42/c1-2-4-6-8-10-12-14-16-18-20-22-24-26-28-30-29-27-25-23-21-19-17-15-13-11-9-7-5-3-1/h1-18H,19-30H2/b2-1+,5-3+,6-4+,9-7-,10-8+,13-11+,14-12-,17-15?,18-16+. The van der Waals surface area contributed by atoms with E-state index in [1.807, 2.05) is 36.5 Å². The van der Waals surface area contributed by atoms with E-state index in [9.17, 15) is 0 Å². The second-order valence-electron chi connectivity index (χ2n) is 7.66. The van der Waals surface area contributed by atoms with Crippen LogP contribution in [0.25, 0.3) is 0 Å². The van der Waals surface area contributed by atoms with E-state index in [0.717, 1.165) is 0 Å². The van der Waals surface area contributed by atoms with Crippen LogP contribution in [0.2, 0.25) is 0 Å². The molecule has 0 spiro atoms. The van der Waals surface area contributed by atoms with Crippen molar-refractivity contribution in [3.8, 4) is 0 Å². The lowest BCUT2D eigenvalue weighted by molar-refractivity contribution is 0.553. The predicted octanol–water partition coefficient (Wildman–Crippen LogP) is 9.69. The average Bonchev–Trinajstić information content (AvgIpc) is 2.76. The first kappa shape index (κ1) is 25.7. The molecule has 0 atom stereocenters. The topological polar surface area (TPSA) is 0 Å². The van der Waals surface area contributed by atoms with Crippen molar-refractivity contribution in [2.24, 2.45) is 0 Å². The molecular formula is C30H42. The molecule has 0 aromatic rings. The van der Waals surface area contributed by atoms with Gasteiger partial charge in [-0.1, -0.05) is 161 Å². The zero-order chi connectivity index (χ0) is 21.2. The zero-order valence-electron chi connectivity index (χ0n) is 18.9. The Kier molecular flexibility index (Phi) is 19.7. The Bertz CT molecular complexity index is 573. The molecular weight excluding hydrogens is 360 g/mol. The second-order valence-corrected chi connectivity index (χ2v) is 7.66. The molecule has 0 saturated heterocycles. The molecule has 162 valence electrons. The Morgan fingerprint density at radius 2 is 0.400 bits per heavy atom. The summed E-state index contributed by atoms with van der Waals surface area (Å²) in [6.45, 7) is 0. The molecule has 0 fully saturated rings. The summed E-state index contributed by atoms with van der Waals surface area (Å²) in [4.78, 5) is 0. The molecule has 0 heterocycles. The summed E-state index contributed by atoms with van der Waals surface area (Å²) in [5, 5.41) is 0. The number of allylic oxidation sites excluding steroid dienone is 18. The highest BCUT2D eigenvalue weighted by atomic mass is 14.0. The van der Waals surface area contributed by atoms with Crippen molar-refractivity contribution in [1.29, 1.82) is 0 Å². The molecule has 0 unspecified atom stereocenters. The maximum atomic E-state index is 2.29. The third-order valence-electron chi connectivity index (χ3n) is 4.93. The van der Waals surface area contributed by atoms with Crippen molar-refractivity contribution < 1.29 is 0 Å². The van der Waals surface area contributed by atoms with Gasteiger partial charge in [0.25, 0.3) is 0 Å². The van der Waals surface area contributed by atoms with Gasteiger partial charge >= 0.3 is 0 Å². The van der Waals surface area contributed by atoms with Crippen LogP contribution >= 0.6 is 0 Å². The number of rotatable bonds is 0. The molecule has 1 rings (SSSR count). The van der Waals surface area contributed by atoms with Gasteiger partial charge in [-0.25, -0.2) is 0 Å². The van der Waals surface area contributed by atoms with E-state index in [4.69, 9.17) is 0 Å². The van der Waals surface area contributed by atoms with Gasteiger partial charge in [-0.2, -0.15) is 0 Å². The van der Waals surface area contributed by atoms with Crippen molar-refractivity contribution >= 4 is 0 Å². The lowest BCUT2D eigenvalue weighted by Crippen LogP contribution is -1.82. The van der Waals surface area contributed by atoms with Crippen LogP contribution in [0.15, 0.2) is 109 Å². The first-order valence-corrected chi connectivity index (χ1v) is 12.0. The van der Waals surface area contributed by atoms with Gasteiger partial charge in [0.15, 0.2) is 0 Å². The van der Waals surface area contributed by atoms with Crippen LogP contribution in [0.4, 0.5) is 0 Å². The lowest BCUT2D eigenvalue weighted by atomic mass is 10.0. The highest BCUT2D eigenvalue weighted by molar-refractivity contribution is 5.21. The molecule has 1 aliphatic carbocycles. The van der Waals surface area contributed by atoms with Crippen LogP contribution in [0, 0.1) is 0 Å². The summed E-state index contributed by atoms with van der Waals surface area (Å²) >= 11 is 0. The third-order valence-corrected chi connectivity index (χ3v) is 4.93. The van der Waals surface area contributed by atoms with Gasteiger partial charge in [0.2, 0.25) is 0 Å². The van der Waals surface area contributed by atoms with E-state index in [-0.39, 0.29) is 0 Å². The third kappa shape index (κ3) is 20.4. The Labute approximate surface area is 186 Å². The molecule has 30 heavy (non-hydrogen) atoms. The van der Waals surface area contributed by atoms with Gasteiger partial charge in [-0.3, -0.25) is 0 Å². The van der Waals surface area contributed by atoms with E-state index in [0.29, 0.717) is 0 Å². The highest BCUT2D eigenvalue weighted by Gasteiger charge is 1.92. The first-order chi connectivity index (χ1) is 15.0. The van der Waals surface area contributed by atoms with Gasteiger partial charge < -0.3 is 0 Å². The summed E-state index contributed by atoms with van der Waals surface area (Å²) in [5.41, 5.74) is 0. The maximum Gasteiger partial charge on any atom is -0.0348 e. The van der Waals surface area contributed by atoms with Crippen LogP contribution in [0.3, 0.4) is 0 Å². The molecule has 0 bridgehead atoms. The monoisotopic (exact) mass is 402 g/mol. The zero-order valence-corrected chi connectivity index (χ0v) is 18.9. The van der Waals surface area contributed by atoms with Crippen LogP contribution in [-0.2, 0) is 0 Å². The summed E-state index contributed by atoms with van der Waals surface area (Å²) < 4.78 is 0. The molecule has 0 radical (unpaired) electrons. The fourth-order valence-electron chi connectivity index (χ4n) is 3.19. The maximum absolute atomic E-state index is 2.29. The van der Waals surface area contributed by atoms with Crippen molar-refractivity contribution in [3.05, 3.63) is 109 Å². The normalized spacial score (nSPS) is 27.7. The number of hydrogen-bond donors (Lipinski definition) is 0. The second kappa shape index (κ2) is 22.9. The van der Waals surface area contributed by atoms with E-state index in [1.165, 1.54) is 77.0 Å². The van der Waals surface area contributed by atoms with E-state index in [2.05, 4.69) is 72.9 Å². The minimum Gasteiger partial charge on any atom is -0.0845 e. The largest absolute Gasteiger partial charge is 0.0845 e. The van der Waals surface area contributed by atoms with Gasteiger partial charge in [0.05, 0.1) is 0 Å². The van der Waals surface area contributed by atoms with Crippen molar-refractivity contribution in [2.75, 3.05) is 0 Å². The molecule has 0 amide bonds. The molecule has 0 N–H and O–H groups in total. The average molecular weight is 403 g/mol. The summed E-state index contributed by atoms with van der Waals surface area (Å²) in [6, 6.07) is 0. The first-order valence-electron chi connectivity index (χ1n) is 12.0. The van der Waals surface area contributed by atoms with Crippen LogP contribution < -0.4 is 0 Å².